The second kappa shape index (κ2) is 4.13. The van der Waals surface area contributed by atoms with Crippen LogP contribution in [0.1, 0.15) is 31.2 Å². The van der Waals surface area contributed by atoms with Crippen LogP contribution in [0.15, 0.2) is 22.7 Å². The zero-order chi connectivity index (χ0) is 11.9. The fourth-order valence-electron chi connectivity index (χ4n) is 2.10. The van der Waals surface area contributed by atoms with Gasteiger partial charge in [-0.2, -0.15) is 0 Å². The van der Waals surface area contributed by atoms with Crippen LogP contribution in [-0.4, -0.2) is 0 Å². The summed E-state index contributed by atoms with van der Waals surface area (Å²) in [7, 11) is 0. The molecule has 0 unspecified atom stereocenters. The Morgan fingerprint density at radius 3 is 2.56 bits per heavy atom. The summed E-state index contributed by atoms with van der Waals surface area (Å²) in [6.45, 7) is 7.36. The maximum atomic E-state index is 5.86. The van der Waals surface area contributed by atoms with E-state index in [1.165, 1.54) is 25.0 Å². The highest BCUT2D eigenvalue weighted by atomic mass is 79.9. The fraction of sp³-hybridized carbons (Fsp3) is 0.385. The van der Waals surface area contributed by atoms with E-state index in [-0.39, 0.29) is 5.41 Å². The summed E-state index contributed by atoms with van der Waals surface area (Å²) in [5, 5.41) is 1.34. The van der Waals surface area contributed by atoms with Crippen LogP contribution in [0.2, 0.25) is 0 Å². The second-order valence-corrected chi connectivity index (χ2v) is 6.93. The molecular weight excluding hydrogens is 282 g/mol. The molecule has 0 spiro atoms. The molecular formula is C13H16BrNS. The maximum absolute atomic E-state index is 5.86. The third-order valence-corrected chi connectivity index (χ3v) is 4.86. The molecule has 0 amide bonds. The molecule has 0 fully saturated rings. The third-order valence-electron chi connectivity index (χ3n) is 2.68. The summed E-state index contributed by atoms with van der Waals surface area (Å²) in [5.41, 5.74) is 7.40. The largest absolute Gasteiger partial charge is 0.326 e. The molecule has 0 aliphatic heterocycles. The summed E-state index contributed by atoms with van der Waals surface area (Å²) in [6.07, 6.45) is 0. The van der Waals surface area contributed by atoms with Gasteiger partial charge in [-0.05, 0) is 38.4 Å². The van der Waals surface area contributed by atoms with Crippen molar-refractivity contribution >= 4 is 37.4 Å². The average molecular weight is 298 g/mol. The third kappa shape index (κ3) is 1.92. The van der Waals surface area contributed by atoms with Crippen molar-refractivity contribution in [3.63, 3.8) is 0 Å². The minimum Gasteiger partial charge on any atom is -0.326 e. The standard InChI is InChI=1S/C13H16BrNS/c1-13(2,3)11-8-5-4-6-9(14)12(8)16-10(11)7-15/h4-6H,7,15H2,1-3H3. The summed E-state index contributed by atoms with van der Waals surface area (Å²) in [4.78, 5) is 1.30. The lowest BCUT2D eigenvalue weighted by Crippen LogP contribution is -2.14. The van der Waals surface area contributed by atoms with Gasteiger partial charge in [0.05, 0.1) is 0 Å². The molecule has 16 heavy (non-hydrogen) atoms. The second-order valence-electron chi connectivity index (χ2n) is 4.97. The van der Waals surface area contributed by atoms with Crippen molar-refractivity contribution < 1.29 is 0 Å². The number of fused-ring (bicyclic) bond motifs is 1. The van der Waals surface area contributed by atoms with E-state index in [2.05, 4.69) is 54.9 Å². The first-order valence-corrected chi connectivity index (χ1v) is 6.96. The van der Waals surface area contributed by atoms with Gasteiger partial charge in [0, 0.05) is 20.6 Å². The van der Waals surface area contributed by atoms with Gasteiger partial charge in [0.1, 0.15) is 0 Å². The molecule has 2 aromatic rings. The van der Waals surface area contributed by atoms with E-state index in [0.29, 0.717) is 6.54 Å². The number of rotatable bonds is 1. The lowest BCUT2D eigenvalue weighted by molar-refractivity contribution is 0.591. The van der Waals surface area contributed by atoms with E-state index in [9.17, 15) is 0 Å². The van der Waals surface area contributed by atoms with Crippen molar-refractivity contribution in [3.8, 4) is 0 Å². The first kappa shape index (κ1) is 12.1. The molecule has 3 heteroatoms. The molecule has 2 rings (SSSR count). The van der Waals surface area contributed by atoms with Gasteiger partial charge in [0.25, 0.3) is 0 Å². The van der Waals surface area contributed by atoms with Crippen molar-refractivity contribution in [1.82, 2.24) is 0 Å². The number of nitrogens with two attached hydrogens (primary N) is 1. The van der Waals surface area contributed by atoms with Crippen molar-refractivity contribution in [1.29, 1.82) is 0 Å². The molecule has 1 aromatic heterocycles. The SMILES string of the molecule is CC(C)(C)c1c(CN)sc2c(Br)cccc12. The Hall–Kier alpha value is -0.380. The van der Waals surface area contributed by atoms with Crippen LogP contribution in [0.5, 0.6) is 0 Å². The van der Waals surface area contributed by atoms with Crippen molar-refractivity contribution in [2.24, 2.45) is 5.73 Å². The van der Waals surface area contributed by atoms with Crippen LogP contribution >= 0.6 is 27.3 Å². The van der Waals surface area contributed by atoms with Gasteiger partial charge >= 0.3 is 0 Å². The smallest absolute Gasteiger partial charge is 0.0491 e. The van der Waals surface area contributed by atoms with Gasteiger partial charge in [-0.25, -0.2) is 0 Å². The first-order valence-electron chi connectivity index (χ1n) is 5.35. The molecule has 86 valence electrons. The monoisotopic (exact) mass is 297 g/mol. The van der Waals surface area contributed by atoms with Crippen molar-refractivity contribution in [2.45, 2.75) is 32.7 Å². The van der Waals surface area contributed by atoms with E-state index in [1.54, 1.807) is 11.3 Å². The normalized spacial score (nSPS) is 12.3. The lowest BCUT2D eigenvalue weighted by atomic mass is 9.85. The van der Waals surface area contributed by atoms with Gasteiger partial charge in [-0.15, -0.1) is 11.3 Å². The predicted octanol–water partition coefficient (Wildman–Crippen LogP) is 4.42. The Labute approximate surface area is 109 Å². The Morgan fingerprint density at radius 2 is 2.00 bits per heavy atom. The maximum Gasteiger partial charge on any atom is 0.0491 e. The number of halogens is 1. The van der Waals surface area contributed by atoms with Gasteiger partial charge in [-0.3, -0.25) is 0 Å². The number of hydrogen-bond donors (Lipinski definition) is 1. The number of thiophene rings is 1. The van der Waals surface area contributed by atoms with E-state index in [0.717, 1.165) is 0 Å². The highest BCUT2D eigenvalue weighted by Crippen LogP contribution is 2.41. The average Bonchev–Trinajstić information content (AvgIpc) is 2.57. The Morgan fingerprint density at radius 1 is 1.31 bits per heavy atom. The van der Waals surface area contributed by atoms with Crippen LogP contribution < -0.4 is 5.73 Å². The Kier molecular flexibility index (Phi) is 3.12. The van der Waals surface area contributed by atoms with Gasteiger partial charge in [0.15, 0.2) is 0 Å². The van der Waals surface area contributed by atoms with Crippen LogP contribution in [0.25, 0.3) is 10.1 Å². The lowest BCUT2D eigenvalue weighted by Gasteiger charge is -2.20. The van der Waals surface area contributed by atoms with Crippen LogP contribution in [0.4, 0.5) is 0 Å². The van der Waals surface area contributed by atoms with E-state index in [4.69, 9.17) is 5.73 Å². The topological polar surface area (TPSA) is 26.0 Å². The molecule has 0 atom stereocenters. The van der Waals surface area contributed by atoms with Crippen LogP contribution in [0.3, 0.4) is 0 Å². The molecule has 0 radical (unpaired) electrons. The molecule has 0 saturated heterocycles. The molecule has 1 nitrogen and oxygen atoms in total. The zero-order valence-electron chi connectivity index (χ0n) is 9.80. The Bertz CT molecular complexity index is 522. The first-order chi connectivity index (χ1) is 7.45. The number of hydrogen-bond acceptors (Lipinski definition) is 2. The molecule has 0 aliphatic rings. The molecule has 2 N–H and O–H groups in total. The quantitative estimate of drug-likeness (QED) is 0.828. The highest BCUT2D eigenvalue weighted by Gasteiger charge is 2.23. The molecule has 1 heterocycles. The van der Waals surface area contributed by atoms with Crippen molar-refractivity contribution in [3.05, 3.63) is 33.1 Å². The summed E-state index contributed by atoms with van der Waals surface area (Å²) >= 11 is 5.42. The van der Waals surface area contributed by atoms with E-state index in [1.807, 2.05) is 0 Å². The molecule has 1 aromatic carbocycles. The van der Waals surface area contributed by atoms with Gasteiger partial charge in [-0.1, -0.05) is 32.9 Å². The molecule has 0 aliphatic carbocycles. The fourth-order valence-corrected chi connectivity index (χ4v) is 4.00. The van der Waals surface area contributed by atoms with E-state index >= 15 is 0 Å². The molecule has 0 saturated carbocycles. The van der Waals surface area contributed by atoms with Gasteiger partial charge < -0.3 is 5.73 Å². The summed E-state index contributed by atoms with van der Waals surface area (Å²) < 4.78 is 2.48. The van der Waals surface area contributed by atoms with Gasteiger partial charge in [0.2, 0.25) is 0 Å². The predicted molar refractivity (Wildman–Crippen MR) is 76.1 cm³/mol. The number of benzene rings is 1. The zero-order valence-corrected chi connectivity index (χ0v) is 12.2. The summed E-state index contributed by atoms with van der Waals surface area (Å²) in [6, 6.07) is 6.37. The Balaban J connectivity index is 2.84. The summed E-state index contributed by atoms with van der Waals surface area (Å²) in [5.74, 6) is 0. The van der Waals surface area contributed by atoms with Crippen molar-refractivity contribution in [2.75, 3.05) is 0 Å². The van der Waals surface area contributed by atoms with E-state index < -0.39 is 0 Å². The minimum atomic E-state index is 0.147. The molecule has 0 bridgehead atoms. The van der Waals surface area contributed by atoms with Crippen LogP contribution in [-0.2, 0) is 12.0 Å². The highest BCUT2D eigenvalue weighted by molar-refractivity contribution is 9.10. The minimum absolute atomic E-state index is 0.147. The van der Waals surface area contributed by atoms with Crippen LogP contribution in [0, 0.1) is 0 Å².